The van der Waals surface area contributed by atoms with Crippen molar-refractivity contribution in [3.8, 4) is 5.88 Å². The van der Waals surface area contributed by atoms with Crippen LogP contribution in [0.1, 0.15) is 44.6 Å². The predicted octanol–water partition coefficient (Wildman–Crippen LogP) is 4.36. The van der Waals surface area contributed by atoms with Gasteiger partial charge in [-0.1, -0.05) is 0 Å². The first kappa shape index (κ1) is 18.2. The molecule has 0 radical (unpaired) electrons. The summed E-state index contributed by atoms with van der Waals surface area (Å²) in [6, 6.07) is 11.8. The van der Waals surface area contributed by atoms with Crippen molar-refractivity contribution in [3.05, 3.63) is 48.9 Å². The molecule has 3 aromatic rings. The number of hydrogen-bond donors (Lipinski definition) is 0. The van der Waals surface area contributed by atoms with Gasteiger partial charge in [-0.15, -0.1) is 0 Å². The predicted molar refractivity (Wildman–Crippen MR) is 116 cm³/mol. The highest BCUT2D eigenvalue weighted by molar-refractivity contribution is 5.86. The van der Waals surface area contributed by atoms with Crippen LogP contribution in [0.3, 0.4) is 0 Å². The quantitative estimate of drug-likeness (QED) is 0.647. The van der Waals surface area contributed by atoms with Crippen molar-refractivity contribution in [2.45, 2.75) is 62.8 Å². The van der Waals surface area contributed by atoms with Gasteiger partial charge in [-0.3, -0.25) is 4.98 Å². The van der Waals surface area contributed by atoms with Gasteiger partial charge in [0.15, 0.2) is 0 Å². The van der Waals surface area contributed by atoms with Crippen molar-refractivity contribution >= 4 is 16.7 Å². The van der Waals surface area contributed by atoms with E-state index in [0.717, 1.165) is 61.5 Å². The molecule has 0 aromatic carbocycles. The molecule has 0 amide bonds. The van der Waals surface area contributed by atoms with Crippen LogP contribution in [0.4, 0.5) is 5.82 Å². The monoisotopic (exact) mass is 404 g/mol. The van der Waals surface area contributed by atoms with Gasteiger partial charge in [-0.25, -0.2) is 0 Å². The first-order chi connectivity index (χ1) is 14.8. The molecule has 2 unspecified atom stereocenters. The molecule has 3 aliphatic rings. The summed E-state index contributed by atoms with van der Waals surface area (Å²) in [7, 11) is 0. The topological polar surface area (TPSA) is 52.4 Å². The van der Waals surface area contributed by atoms with Crippen LogP contribution in [0.25, 0.3) is 10.9 Å². The number of aromatic nitrogens is 3. The van der Waals surface area contributed by atoms with Crippen LogP contribution < -0.4 is 9.64 Å². The fourth-order valence-corrected chi connectivity index (χ4v) is 5.47. The summed E-state index contributed by atoms with van der Waals surface area (Å²) in [5, 5.41) is 1.01. The van der Waals surface area contributed by atoms with Gasteiger partial charge in [0, 0.05) is 30.7 Å². The number of ether oxygens (including phenoxy) is 2. The van der Waals surface area contributed by atoms with E-state index in [-0.39, 0.29) is 6.10 Å². The smallest absolute Gasteiger partial charge is 0.225 e. The fourth-order valence-electron chi connectivity index (χ4n) is 5.47. The first-order valence-electron chi connectivity index (χ1n) is 11.3. The van der Waals surface area contributed by atoms with E-state index in [0.29, 0.717) is 18.1 Å². The molecule has 6 rings (SSSR count). The molecule has 2 atom stereocenters. The highest BCUT2D eigenvalue weighted by Gasteiger charge is 2.38. The third-order valence-corrected chi connectivity index (χ3v) is 7.03. The molecule has 2 saturated heterocycles. The second-order valence-electron chi connectivity index (χ2n) is 8.86. The molecule has 0 N–H and O–H groups in total. The Morgan fingerprint density at radius 2 is 1.63 bits per heavy atom. The van der Waals surface area contributed by atoms with Crippen molar-refractivity contribution in [2.75, 3.05) is 18.1 Å². The normalized spacial score (nSPS) is 28.7. The lowest BCUT2D eigenvalue weighted by atomic mass is 9.93. The Balaban J connectivity index is 1.26. The first-order valence-corrected chi connectivity index (χ1v) is 11.3. The number of fused-ring (bicyclic) bond motifs is 3. The van der Waals surface area contributed by atoms with E-state index >= 15 is 0 Å². The molecule has 3 aromatic heterocycles. The fraction of sp³-hybridized carbons (Fsp3) is 0.500. The van der Waals surface area contributed by atoms with E-state index < -0.39 is 0 Å². The van der Waals surface area contributed by atoms with Crippen molar-refractivity contribution in [1.82, 2.24) is 14.5 Å². The minimum Gasteiger partial charge on any atom is -0.474 e. The lowest BCUT2D eigenvalue weighted by Gasteiger charge is -2.36. The van der Waals surface area contributed by atoms with E-state index in [1.165, 1.54) is 12.8 Å². The number of pyridine rings is 2. The van der Waals surface area contributed by atoms with Gasteiger partial charge in [-0.2, -0.15) is 4.98 Å². The van der Waals surface area contributed by atoms with Gasteiger partial charge in [0.25, 0.3) is 0 Å². The Labute approximate surface area is 176 Å². The second kappa shape index (κ2) is 7.58. The van der Waals surface area contributed by atoms with Gasteiger partial charge in [0.05, 0.1) is 36.2 Å². The van der Waals surface area contributed by atoms with Gasteiger partial charge in [0.1, 0.15) is 11.9 Å². The van der Waals surface area contributed by atoms with Crippen molar-refractivity contribution in [3.63, 3.8) is 0 Å². The van der Waals surface area contributed by atoms with Crippen molar-refractivity contribution in [2.24, 2.45) is 0 Å². The molecule has 30 heavy (non-hydrogen) atoms. The average molecular weight is 405 g/mol. The van der Waals surface area contributed by atoms with Gasteiger partial charge >= 0.3 is 0 Å². The van der Waals surface area contributed by atoms with Crippen molar-refractivity contribution < 1.29 is 9.47 Å². The van der Waals surface area contributed by atoms with E-state index in [4.69, 9.17) is 14.5 Å². The molecule has 0 spiro atoms. The maximum atomic E-state index is 6.54. The largest absolute Gasteiger partial charge is 0.474 e. The van der Waals surface area contributed by atoms with E-state index in [1.807, 2.05) is 12.3 Å². The molecule has 2 aliphatic heterocycles. The number of hydrogen-bond acceptors (Lipinski definition) is 5. The van der Waals surface area contributed by atoms with Crippen LogP contribution in [0.5, 0.6) is 5.88 Å². The molecule has 1 aliphatic carbocycles. The Hall–Kier alpha value is -2.60. The minimum atomic E-state index is 0.212. The Morgan fingerprint density at radius 1 is 0.900 bits per heavy atom. The van der Waals surface area contributed by atoms with Crippen LogP contribution in [-0.2, 0) is 4.74 Å². The van der Waals surface area contributed by atoms with E-state index in [1.54, 1.807) is 0 Å². The second-order valence-corrected chi connectivity index (χ2v) is 8.86. The number of anilines is 1. The zero-order valence-corrected chi connectivity index (χ0v) is 17.2. The highest BCUT2D eigenvalue weighted by Crippen LogP contribution is 2.37. The molecule has 156 valence electrons. The third kappa shape index (κ3) is 3.23. The van der Waals surface area contributed by atoms with Crippen LogP contribution in [0.2, 0.25) is 0 Å². The average Bonchev–Trinajstić information content (AvgIpc) is 3.40. The molecular formula is C24H28N4O2. The molecular weight excluding hydrogens is 376 g/mol. The molecule has 5 heterocycles. The highest BCUT2D eigenvalue weighted by atomic mass is 16.5. The number of rotatable bonds is 4. The van der Waals surface area contributed by atoms with Crippen molar-refractivity contribution in [1.29, 1.82) is 0 Å². The Kier molecular flexibility index (Phi) is 4.60. The maximum absolute atomic E-state index is 6.54. The summed E-state index contributed by atoms with van der Waals surface area (Å²) in [5.74, 6) is 1.74. The van der Waals surface area contributed by atoms with Gasteiger partial charge in [-0.05, 0) is 62.8 Å². The van der Waals surface area contributed by atoms with Crippen LogP contribution in [0.15, 0.2) is 48.9 Å². The zero-order valence-electron chi connectivity index (χ0n) is 17.2. The summed E-state index contributed by atoms with van der Waals surface area (Å²) < 4.78 is 14.6. The number of morpholine rings is 1. The van der Waals surface area contributed by atoms with Crippen LogP contribution >= 0.6 is 0 Å². The van der Waals surface area contributed by atoms with Gasteiger partial charge in [0.2, 0.25) is 5.88 Å². The third-order valence-electron chi connectivity index (χ3n) is 7.03. The van der Waals surface area contributed by atoms with E-state index in [9.17, 15) is 0 Å². The SMILES string of the molecule is c1cnc2cc(N3C4CCC3COC4)nc(O[C@H]3CC[C@@H](n4cccc4)CC3)c2c1. The lowest BCUT2D eigenvalue weighted by molar-refractivity contribution is 0.0899. The number of nitrogens with zero attached hydrogens (tertiary/aromatic N) is 4. The molecule has 6 nitrogen and oxygen atoms in total. The summed E-state index contributed by atoms with van der Waals surface area (Å²) in [4.78, 5) is 12.1. The van der Waals surface area contributed by atoms with Gasteiger partial charge < -0.3 is 18.9 Å². The molecule has 6 heteroatoms. The standard InChI is InChI=1S/C24H28N4O2/c1-2-13-27(12-1)17-7-9-20(10-8-17)30-24-21-4-3-11-25-22(21)14-23(26-24)28-18-5-6-19(28)16-29-15-18/h1-4,11-14,17-20H,5-10,15-16H2/t17-,18?,19?,20+. The maximum Gasteiger partial charge on any atom is 0.225 e. The lowest BCUT2D eigenvalue weighted by Crippen LogP contribution is -2.46. The Morgan fingerprint density at radius 3 is 2.40 bits per heavy atom. The van der Waals surface area contributed by atoms with Crippen LogP contribution in [-0.4, -0.2) is 45.9 Å². The van der Waals surface area contributed by atoms with Crippen LogP contribution in [0, 0.1) is 0 Å². The zero-order chi connectivity index (χ0) is 19.9. The minimum absolute atomic E-state index is 0.212. The summed E-state index contributed by atoms with van der Waals surface area (Å²) in [6.45, 7) is 1.58. The summed E-state index contributed by atoms with van der Waals surface area (Å²) in [6.07, 6.45) is 13.2. The molecule has 2 bridgehead atoms. The Bertz CT molecular complexity index is 997. The van der Waals surface area contributed by atoms with E-state index in [2.05, 4.69) is 51.1 Å². The molecule has 1 saturated carbocycles. The summed E-state index contributed by atoms with van der Waals surface area (Å²) >= 11 is 0. The molecule has 3 fully saturated rings. The summed E-state index contributed by atoms with van der Waals surface area (Å²) in [5.41, 5.74) is 0.962.